The predicted molar refractivity (Wildman–Crippen MR) is 72.9 cm³/mol. The predicted octanol–water partition coefficient (Wildman–Crippen LogP) is 2.34. The molecule has 0 radical (unpaired) electrons. The molecule has 0 unspecified atom stereocenters. The van der Waals surface area contributed by atoms with Gasteiger partial charge < -0.3 is 10.2 Å². The van der Waals surface area contributed by atoms with Gasteiger partial charge >= 0.3 is 0 Å². The number of hydrogen-bond acceptors (Lipinski definition) is 5. The van der Waals surface area contributed by atoms with Crippen LogP contribution in [0.3, 0.4) is 0 Å². The van der Waals surface area contributed by atoms with Gasteiger partial charge in [0, 0.05) is 20.6 Å². The van der Waals surface area contributed by atoms with Gasteiger partial charge in [0.25, 0.3) is 0 Å². The smallest absolute Gasteiger partial charge is 0.231 e. The van der Waals surface area contributed by atoms with Crippen LogP contribution in [0.25, 0.3) is 0 Å². The van der Waals surface area contributed by atoms with E-state index in [9.17, 15) is 4.39 Å². The van der Waals surface area contributed by atoms with Crippen molar-refractivity contribution in [3.05, 3.63) is 40.9 Å². The van der Waals surface area contributed by atoms with Crippen LogP contribution in [0.2, 0.25) is 5.28 Å². The van der Waals surface area contributed by atoms with Gasteiger partial charge in [0.2, 0.25) is 17.2 Å². The quantitative estimate of drug-likeness (QED) is 0.932. The second-order valence-electron chi connectivity index (χ2n) is 3.96. The number of halogens is 2. The van der Waals surface area contributed by atoms with Crippen LogP contribution in [0.4, 0.5) is 16.3 Å². The van der Waals surface area contributed by atoms with Crippen LogP contribution in [0.5, 0.6) is 0 Å². The van der Waals surface area contributed by atoms with Gasteiger partial charge in [-0.1, -0.05) is 12.1 Å². The van der Waals surface area contributed by atoms with E-state index in [0.29, 0.717) is 18.4 Å². The second kappa shape index (κ2) is 5.79. The van der Waals surface area contributed by atoms with E-state index in [1.54, 1.807) is 19.2 Å². The molecule has 0 aliphatic rings. The number of benzene rings is 1. The third-order valence-electron chi connectivity index (χ3n) is 2.49. The van der Waals surface area contributed by atoms with E-state index in [4.69, 9.17) is 11.6 Å². The van der Waals surface area contributed by atoms with Crippen molar-refractivity contribution in [1.82, 2.24) is 15.0 Å². The molecule has 0 spiro atoms. The van der Waals surface area contributed by atoms with Crippen LogP contribution >= 0.6 is 11.6 Å². The Bertz CT molecular complexity index is 561. The van der Waals surface area contributed by atoms with Crippen molar-refractivity contribution >= 4 is 23.5 Å². The van der Waals surface area contributed by atoms with Gasteiger partial charge in [0.05, 0.1) is 0 Å². The van der Waals surface area contributed by atoms with Crippen LogP contribution in [-0.4, -0.2) is 29.0 Å². The van der Waals surface area contributed by atoms with Crippen molar-refractivity contribution in [2.45, 2.75) is 6.54 Å². The molecule has 0 aliphatic heterocycles. The first-order valence-corrected chi connectivity index (χ1v) is 6.01. The summed E-state index contributed by atoms with van der Waals surface area (Å²) in [5.74, 6) is 0.599. The van der Waals surface area contributed by atoms with Crippen molar-refractivity contribution in [3.8, 4) is 0 Å². The van der Waals surface area contributed by atoms with Crippen LogP contribution in [0.1, 0.15) is 5.56 Å². The first kappa shape index (κ1) is 13.5. The lowest BCUT2D eigenvalue weighted by Gasteiger charge is -2.17. The molecule has 1 heterocycles. The van der Waals surface area contributed by atoms with E-state index in [-0.39, 0.29) is 11.1 Å². The van der Waals surface area contributed by atoms with Gasteiger partial charge in [-0.25, -0.2) is 4.39 Å². The van der Waals surface area contributed by atoms with Gasteiger partial charge in [0.15, 0.2) is 0 Å². The Labute approximate surface area is 115 Å². The highest BCUT2D eigenvalue weighted by molar-refractivity contribution is 6.28. The van der Waals surface area contributed by atoms with Crippen molar-refractivity contribution in [3.63, 3.8) is 0 Å². The maximum atomic E-state index is 12.8. The largest absolute Gasteiger partial charge is 0.357 e. The molecule has 7 heteroatoms. The molecule has 2 aromatic rings. The van der Waals surface area contributed by atoms with E-state index < -0.39 is 0 Å². The van der Waals surface area contributed by atoms with Gasteiger partial charge in [-0.2, -0.15) is 15.0 Å². The summed E-state index contributed by atoms with van der Waals surface area (Å²) in [7, 11) is 3.53. The lowest BCUT2D eigenvalue weighted by Crippen LogP contribution is -2.20. The molecule has 2 rings (SSSR count). The van der Waals surface area contributed by atoms with E-state index >= 15 is 0 Å². The van der Waals surface area contributed by atoms with Gasteiger partial charge in [-0.15, -0.1) is 0 Å². The highest BCUT2D eigenvalue weighted by Gasteiger charge is 2.09. The summed E-state index contributed by atoms with van der Waals surface area (Å²) in [6.45, 7) is 0.545. The zero-order valence-electron chi connectivity index (χ0n) is 10.6. The standard InChI is InChI=1S/C12H13ClFN5/c1-15-11-16-10(13)17-12(18-11)19(2)7-8-3-5-9(14)6-4-8/h3-6H,7H2,1-2H3,(H,15,16,17,18). The maximum Gasteiger partial charge on any atom is 0.231 e. The van der Waals surface area contributed by atoms with Crippen LogP contribution < -0.4 is 10.2 Å². The summed E-state index contributed by atoms with van der Waals surface area (Å²) in [6.07, 6.45) is 0. The molecule has 100 valence electrons. The number of rotatable bonds is 4. The number of nitrogens with one attached hydrogen (secondary N) is 1. The summed E-state index contributed by atoms with van der Waals surface area (Å²) in [5, 5.41) is 2.94. The minimum atomic E-state index is -0.257. The molecule has 1 aromatic carbocycles. The average molecular weight is 282 g/mol. The molecule has 0 bridgehead atoms. The fourth-order valence-corrected chi connectivity index (χ4v) is 1.71. The Morgan fingerprint density at radius 2 is 1.89 bits per heavy atom. The summed E-state index contributed by atoms with van der Waals surface area (Å²) < 4.78 is 12.8. The van der Waals surface area contributed by atoms with Crippen molar-refractivity contribution < 1.29 is 4.39 Å². The third kappa shape index (κ3) is 3.51. The fourth-order valence-electron chi connectivity index (χ4n) is 1.56. The van der Waals surface area contributed by atoms with E-state index in [2.05, 4.69) is 20.3 Å². The molecule has 19 heavy (non-hydrogen) atoms. The Balaban J connectivity index is 2.17. The third-order valence-corrected chi connectivity index (χ3v) is 2.66. The molecule has 1 N–H and O–H groups in total. The zero-order valence-corrected chi connectivity index (χ0v) is 11.3. The van der Waals surface area contributed by atoms with Crippen LogP contribution in [-0.2, 0) is 6.54 Å². The molecule has 0 amide bonds. The normalized spacial score (nSPS) is 10.3. The average Bonchev–Trinajstić information content (AvgIpc) is 2.40. The maximum absolute atomic E-state index is 12.8. The Hall–Kier alpha value is -1.95. The lowest BCUT2D eigenvalue weighted by atomic mass is 10.2. The van der Waals surface area contributed by atoms with Gasteiger partial charge in [-0.3, -0.25) is 0 Å². The Morgan fingerprint density at radius 3 is 2.53 bits per heavy atom. The molecule has 0 saturated carbocycles. The zero-order chi connectivity index (χ0) is 13.8. The Kier molecular flexibility index (Phi) is 4.11. The minimum Gasteiger partial charge on any atom is -0.357 e. The van der Waals surface area contributed by atoms with E-state index in [1.807, 2.05) is 11.9 Å². The van der Waals surface area contributed by atoms with Gasteiger partial charge in [-0.05, 0) is 29.3 Å². The van der Waals surface area contributed by atoms with Crippen molar-refractivity contribution in [2.75, 3.05) is 24.3 Å². The highest BCUT2D eigenvalue weighted by atomic mass is 35.5. The minimum absolute atomic E-state index is 0.125. The van der Waals surface area contributed by atoms with Crippen molar-refractivity contribution in [1.29, 1.82) is 0 Å². The van der Waals surface area contributed by atoms with Gasteiger partial charge in [0.1, 0.15) is 5.82 Å². The lowest BCUT2D eigenvalue weighted by molar-refractivity contribution is 0.627. The molecule has 0 atom stereocenters. The van der Waals surface area contributed by atoms with Crippen LogP contribution in [0.15, 0.2) is 24.3 Å². The summed E-state index contributed by atoms with van der Waals surface area (Å²) >= 11 is 5.82. The highest BCUT2D eigenvalue weighted by Crippen LogP contribution is 2.15. The number of nitrogens with zero attached hydrogens (tertiary/aromatic N) is 4. The molecular weight excluding hydrogens is 269 g/mol. The monoisotopic (exact) mass is 281 g/mol. The molecular formula is C12H13ClFN5. The fraction of sp³-hybridized carbons (Fsp3) is 0.250. The van der Waals surface area contributed by atoms with Crippen LogP contribution in [0, 0.1) is 5.82 Å². The van der Waals surface area contributed by atoms with E-state index in [0.717, 1.165) is 5.56 Å². The summed E-state index contributed by atoms with van der Waals surface area (Å²) in [5.41, 5.74) is 0.950. The molecule has 0 saturated heterocycles. The SMILES string of the molecule is CNc1nc(Cl)nc(N(C)Cc2ccc(F)cc2)n1. The molecule has 0 aliphatic carbocycles. The summed E-state index contributed by atoms with van der Waals surface area (Å²) in [6, 6.07) is 6.27. The molecule has 5 nitrogen and oxygen atoms in total. The second-order valence-corrected chi connectivity index (χ2v) is 4.30. The number of hydrogen-bond donors (Lipinski definition) is 1. The molecule has 0 fully saturated rings. The first-order valence-electron chi connectivity index (χ1n) is 5.63. The Morgan fingerprint density at radius 1 is 1.21 bits per heavy atom. The topological polar surface area (TPSA) is 53.9 Å². The van der Waals surface area contributed by atoms with Crippen molar-refractivity contribution in [2.24, 2.45) is 0 Å². The molecule has 1 aromatic heterocycles. The first-order chi connectivity index (χ1) is 9.08. The number of anilines is 2. The van der Waals surface area contributed by atoms with E-state index in [1.165, 1.54) is 12.1 Å². The summed E-state index contributed by atoms with van der Waals surface area (Å²) in [4.78, 5) is 14.0. The number of aromatic nitrogens is 3.